The second kappa shape index (κ2) is 8.15. The monoisotopic (exact) mass is 327 g/mol. The van der Waals surface area contributed by atoms with Crippen LogP contribution in [0.25, 0.3) is 0 Å². The molecule has 0 unspecified atom stereocenters. The summed E-state index contributed by atoms with van der Waals surface area (Å²) in [6.07, 6.45) is -0.426. The maximum absolute atomic E-state index is 12.1. The Balaban J connectivity index is 1.99. The van der Waals surface area contributed by atoms with Gasteiger partial charge in [0.25, 0.3) is 0 Å². The fraction of sp³-hybridized carbons (Fsp3) is 0.263. The third-order valence-electron chi connectivity index (χ3n) is 3.80. The number of nitrogens with zero attached hydrogens (tertiary/aromatic N) is 1. The summed E-state index contributed by atoms with van der Waals surface area (Å²) in [4.78, 5) is 24.8. The van der Waals surface area contributed by atoms with E-state index in [4.69, 9.17) is 4.74 Å². The van der Waals surface area contributed by atoms with Gasteiger partial charge < -0.3 is 9.84 Å². The van der Waals surface area contributed by atoms with Gasteiger partial charge in [0.05, 0.1) is 0 Å². The standard InChI is InChI=1S/C19H21NO4/c1-14-8-10-15(11-9-14)12-17(18(21)22)20(2)19(23)24-13-16-6-4-3-5-7-16/h3-11,17H,12-13H2,1-2H3,(H,21,22)/t17-/m0/s1. The van der Waals surface area contributed by atoms with Crippen LogP contribution in [-0.2, 0) is 22.6 Å². The van der Waals surface area contributed by atoms with Crippen LogP contribution in [0, 0.1) is 6.92 Å². The summed E-state index contributed by atoms with van der Waals surface area (Å²) in [7, 11) is 1.44. The molecule has 0 aromatic heterocycles. The van der Waals surface area contributed by atoms with E-state index in [9.17, 15) is 14.7 Å². The first kappa shape index (κ1) is 17.5. The number of aliphatic carboxylic acids is 1. The molecule has 5 heteroatoms. The van der Waals surface area contributed by atoms with Gasteiger partial charge in [-0.1, -0.05) is 60.2 Å². The van der Waals surface area contributed by atoms with E-state index < -0.39 is 18.1 Å². The van der Waals surface area contributed by atoms with E-state index >= 15 is 0 Å². The molecular formula is C19H21NO4. The molecule has 1 amide bonds. The van der Waals surface area contributed by atoms with E-state index in [-0.39, 0.29) is 13.0 Å². The smallest absolute Gasteiger partial charge is 0.410 e. The fourth-order valence-corrected chi connectivity index (χ4v) is 2.29. The number of likely N-dealkylation sites (N-methyl/N-ethyl adjacent to an activating group) is 1. The molecule has 24 heavy (non-hydrogen) atoms. The minimum Gasteiger partial charge on any atom is -0.480 e. The quantitative estimate of drug-likeness (QED) is 0.884. The van der Waals surface area contributed by atoms with Crippen LogP contribution in [0.4, 0.5) is 4.79 Å². The second-order valence-corrected chi connectivity index (χ2v) is 5.69. The summed E-state index contributed by atoms with van der Waals surface area (Å²) < 4.78 is 5.20. The summed E-state index contributed by atoms with van der Waals surface area (Å²) >= 11 is 0. The third-order valence-corrected chi connectivity index (χ3v) is 3.80. The van der Waals surface area contributed by atoms with Gasteiger partial charge in [0.1, 0.15) is 12.6 Å². The van der Waals surface area contributed by atoms with Crippen molar-refractivity contribution in [1.82, 2.24) is 4.90 Å². The number of carbonyl (C=O) groups excluding carboxylic acids is 1. The van der Waals surface area contributed by atoms with Crippen LogP contribution in [0.1, 0.15) is 16.7 Å². The van der Waals surface area contributed by atoms with Crippen molar-refractivity contribution in [3.05, 3.63) is 71.3 Å². The molecule has 5 nitrogen and oxygen atoms in total. The summed E-state index contributed by atoms with van der Waals surface area (Å²) in [5, 5.41) is 9.44. The average molecular weight is 327 g/mol. The molecule has 1 N–H and O–H groups in total. The number of aryl methyl sites for hydroxylation is 1. The van der Waals surface area contributed by atoms with Crippen molar-refractivity contribution in [2.24, 2.45) is 0 Å². The van der Waals surface area contributed by atoms with E-state index in [0.29, 0.717) is 0 Å². The fourth-order valence-electron chi connectivity index (χ4n) is 2.29. The van der Waals surface area contributed by atoms with Crippen LogP contribution in [0.3, 0.4) is 0 Å². The van der Waals surface area contributed by atoms with Crippen molar-refractivity contribution in [2.45, 2.75) is 26.0 Å². The number of hydrogen-bond donors (Lipinski definition) is 1. The SMILES string of the molecule is Cc1ccc(C[C@@H](C(=O)O)N(C)C(=O)OCc2ccccc2)cc1. The van der Waals surface area contributed by atoms with Gasteiger partial charge >= 0.3 is 12.1 Å². The lowest BCUT2D eigenvalue weighted by Gasteiger charge is -2.24. The van der Waals surface area contributed by atoms with Gasteiger partial charge in [-0.25, -0.2) is 9.59 Å². The Morgan fingerprint density at radius 3 is 2.25 bits per heavy atom. The summed E-state index contributed by atoms with van der Waals surface area (Å²) in [6.45, 7) is 2.08. The summed E-state index contributed by atoms with van der Waals surface area (Å²) in [5.41, 5.74) is 2.81. The van der Waals surface area contributed by atoms with E-state index in [2.05, 4.69) is 0 Å². The van der Waals surface area contributed by atoms with E-state index in [1.807, 2.05) is 61.5 Å². The highest BCUT2D eigenvalue weighted by molar-refractivity contribution is 5.80. The maximum atomic E-state index is 12.1. The number of carbonyl (C=O) groups is 2. The zero-order chi connectivity index (χ0) is 17.5. The van der Waals surface area contributed by atoms with Crippen molar-refractivity contribution in [1.29, 1.82) is 0 Å². The first-order valence-electron chi connectivity index (χ1n) is 7.69. The van der Waals surface area contributed by atoms with Crippen molar-refractivity contribution < 1.29 is 19.4 Å². The van der Waals surface area contributed by atoms with Crippen LogP contribution >= 0.6 is 0 Å². The van der Waals surface area contributed by atoms with Crippen molar-refractivity contribution >= 4 is 12.1 Å². The molecule has 0 aliphatic carbocycles. The molecule has 0 bridgehead atoms. The molecule has 0 aliphatic rings. The van der Waals surface area contributed by atoms with Crippen LogP contribution in [0.2, 0.25) is 0 Å². The normalized spacial score (nSPS) is 11.6. The molecule has 0 radical (unpaired) electrons. The minimum absolute atomic E-state index is 0.112. The zero-order valence-electron chi connectivity index (χ0n) is 13.8. The largest absolute Gasteiger partial charge is 0.480 e. The zero-order valence-corrected chi connectivity index (χ0v) is 13.8. The topological polar surface area (TPSA) is 66.8 Å². The highest BCUT2D eigenvalue weighted by Crippen LogP contribution is 2.12. The van der Waals surface area contributed by atoms with Gasteiger partial charge in [-0.2, -0.15) is 0 Å². The van der Waals surface area contributed by atoms with Gasteiger partial charge in [-0.05, 0) is 18.1 Å². The molecular weight excluding hydrogens is 306 g/mol. The summed E-state index contributed by atoms with van der Waals surface area (Å²) in [5.74, 6) is -1.06. The van der Waals surface area contributed by atoms with E-state index in [1.165, 1.54) is 7.05 Å². The minimum atomic E-state index is -1.06. The average Bonchev–Trinajstić information content (AvgIpc) is 2.59. The molecule has 2 aromatic carbocycles. The highest BCUT2D eigenvalue weighted by Gasteiger charge is 2.27. The molecule has 0 saturated carbocycles. The van der Waals surface area contributed by atoms with E-state index in [1.54, 1.807) is 0 Å². The molecule has 126 valence electrons. The lowest BCUT2D eigenvalue weighted by Crippen LogP contribution is -2.44. The lowest BCUT2D eigenvalue weighted by molar-refractivity contribution is -0.142. The number of carboxylic acids is 1. The van der Waals surface area contributed by atoms with Crippen molar-refractivity contribution in [3.8, 4) is 0 Å². The Bertz CT molecular complexity index is 682. The highest BCUT2D eigenvalue weighted by atomic mass is 16.6. The van der Waals surface area contributed by atoms with Gasteiger partial charge in [0.15, 0.2) is 0 Å². The number of benzene rings is 2. The van der Waals surface area contributed by atoms with Crippen LogP contribution in [0.5, 0.6) is 0 Å². The van der Waals surface area contributed by atoms with Crippen molar-refractivity contribution in [2.75, 3.05) is 7.05 Å². The molecule has 0 aliphatic heterocycles. The molecule has 0 saturated heterocycles. The van der Waals surface area contributed by atoms with Crippen LogP contribution in [0.15, 0.2) is 54.6 Å². The number of carboxylic acid groups (broad SMARTS) is 1. The second-order valence-electron chi connectivity index (χ2n) is 5.69. The van der Waals surface area contributed by atoms with E-state index in [0.717, 1.165) is 21.6 Å². The number of rotatable bonds is 6. The Morgan fingerprint density at radius 1 is 1.04 bits per heavy atom. The number of hydrogen-bond acceptors (Lipinski definition) is 3. The van der Waals surface area contributed by atoms with Crippen LogP contribution in [-0.4, -0.2) is 35.2 Å². The Hall–Kier alpha value is -2.82. The number of amides is 1. The molecule has 0 spiro atoms. The first-order valence-corrected chi connectivity index (χ1v) is 7.69. The molecule has 0 fully saturated rings. The van der Waals surface area contributed by atoms with Gasteiger partial charge in [-0.3, -0.25) is 4.90 Å². The molecule has 2 rings (SSSR count). The molecule has 2 aromatic rings. The molecule has 1 atom stereocenters. The maximum Gasteiger partial charge on any atom is 0.410 e. The van der Waals surface area contributed by atoms with Gasteiger partial charge in [-0.15, -0.1) is 0 Å². The first-order chi connectivity index (χ1) is 11.5. The Labute approximate surface area is 141 Å². The predicted molar refractivity (Wildman–Crippen MR) is 90.7 cm³/mol. The molecule has 0 heterocycles. The summed E-state index contributed by atoms with van der Waals surface area (Å²) in [6, 6.07) is 15.9. The predicted octanol–water partition coefficient (Wildman–Crippen LogP) is 3.26. The van der Waals surface area contributed by atoms with Gasteiger partial charge in [0, 0.05) is 13.5 Å². The van der Waals surface area contributed by atoms with Crippen LogP contribution < -0.4 is 0 Å². The Kier molecular flexibility index (Phi) is 5.95. The van der Waals surface area contributed by atoms with Gasteiger partial charge in [0.2, 0.25) is 0 Å². The Morgan fingerprint density at radius 2 is 1.67 bits per heavy atom. The third kappa shape index (κ3) is 4.84. The number of ether oxygens (including phenoxy) is 1. The van der Waals surface area contributed by atoms with Crippen molar-refractivity contribution in [3.63, 3.8) is 0 Å². The lowest BCUT2D eigenvalue weighted by atomic mass is 10.0.